The minimum atomic E-state index is -0.411. The highest BCUT2D eigenvalue weighted by molar-refractivity contribution is 5.89. The number of benzene rings is 1. The Kier molecular flexibility index (Phi) is 2.95. The van der Waals surface area contributed by atoms with Gasteiger partial charge in [-0.2, -0.15) is 0 Å². The molecule has 3 aromatic rings. The number of carbonyl (C=O) groups excluding carboxylic acids is 1. The quantitative estimate of drug-likeness (QED) is 0.672. The van der Waals surface area contributed by atoms with E-state index in [9.17, 15) is 9.18 Å². The Balaban J connectivity index is 2.16. The van der Waals surface area contributed by atoms with Gasteiger partial charge in [0.05, 0.1) is 24.4 Å². The number of methoxy groups -OCH3 is 1. The fourth-order valence-corrected chi connectivity index (χ4v) is 2.04. The van der Waals surface area contributed by atoms with Gasteiger partial charge in [0.25, 0.3) is 0 Å². The van der Waals surface area contributed by atoms with Gasteiger partial charge < -0.3 is 4.74 Å². The molecule has 100 valence electrons. The highest BCUT2D eigenvalue weighted by Gasteiger charge is 2.10. The molecule has 0 bridgehead atoms. The number of nitrogens with zero attached hydrogens (tertiary/aromatic N) is 2. The molecule has 0 unspecified atom stereocenters. The van der Waals surface area contributed by atoms with Crippen molar-refractivity contribution in [3.8, 4) is 11.4 Å². The van der Waals surface area contributed by atoms with Crippen LogP contribution in [0.25, 0.3) is 16.9 Å². The van der Waals surface area contributed by atoms with Crippen molar-refractivity contribution in [2.24, 2.45) is 0 Å². The van der Waals surface area contributed by atoms with Crippen LogP contribution in [-0.2, 0) is 4.74 Å². The van der Waals surface area contributed by atoms with Gasteiger partial charge in [-0.05, 0) is 36.4 Å². The van der Waals surface area contributed by atoms with E-state index in [0.717, 1.165) is 11.1 Å². The van der Waals surface area contributed by atoms with E-state index in [1.807, 2.05) is 0 Å². The topological polar surface area (TPSA) is 43.6 Å². The Morgan fingerprint density at radius 2 is 1.95 bits per heavy atom. The second kappa shape index (κ2) is 4.77. The number of hydrogen-bond donors (Lipinski definition) is 0. The van der Waals surface area contributed by atoms with Crippen LogP contribution in [0.15, 0.2) is 48.8 Å². The summed E-state index contributed by atoms with van der Waals surface area (Å²) in [6, 6.07) is 9.51. The molecule has 3 rings (SSSR count). The summed E-state index contributed by atoms with van der Waals surface area (Å²) in [6.45, 7) is 0. The van der Waals surface area contributed by atoms with E-state index in [-0.39, 0.29) is 5.82 Å². The van der Waals surface area contributed by atoms with E-state index < -0.39 is 5.97 Å². The predicted molar refractivity (Wildman–Crippen MR) is 71.9 cm³/mol. The number of carbonyl (C=O) groups is 1. The highest BCUT2D eigenvalue weighted by Crippen LogP contribution is 2.21. The van der Waals surface area contributed by atoms with Gasteiger partial charge in [0.2, 0.25) is 0 Å². The van der Waals surface area contributed by atoms with Crippen LogP contribution in [0, 0.1) is 5.82 Å². The lowest BCUT2D eigenvalue weighted by atomic mass is 10.2. The zero-order valence-electron chi connectivity index (χ0n) is 10.7. The first-order valence-corrected chi connectivity index (χ1v) is 6.00. The first-order valence-electron chi connectivity index (χ1n) is 6.00. The highest BCUT2D eigenvalue weighted by atomic mass is 19.1. The molecular formula is C15H11FN2O2. The summed E-state index contributed by atoms with van der Waals surface area (Å²) in [6.07, 6.45) is 3.35. The smallest absolute Gasteiger partial charge is 0.339 e. The number of esters is 1. The van der Waals surface area contributed by atoms with E-state index >= 15 is 0 Å². The van der Waals surface area contributed by atoms with E-state index in [1.165, 1.54) is 19.2 Å². The van der Waals surface area contributed by atoms with Gasteiger partial charge in [0, 0.05) is 11.8 Å². The molecule has 1 aromatic carbocycles. The Morgan fingerprint density at radius 3 is 2.65 bits per heavy atom. The number of rotatable bonds is 2. The maximum atomic E-state index is 13.0. The largest absolute Gasteiger partial charge is 0.465 e. The fourth-order valence-electron chi connectivity index (χ4n) is 2.04. The molecule has 0 saturated carbocycles. The molecule has 0 fully saturated rings. The number of fused-ring (bicyclic) bond motifs is 1. The van der Waals surface area contributed by atoms with Crippen LogP contribution >= 0.6 is 0 Å². The molecule has 0 aliphatic rings. The molecule has 0 amide bonds. The Hall–Kier alpha value is -2.69. The molecule has 4 nitrogen and oxygen atoms in total. The van der Waals surface area contributed by atoms with Gasteiger partial charge in [0.15, 0.2) is 0 Å². The Morgan fingerprint density at radius 1 is 1.20 bits per heavy atom. The number of pyridine rings is 1. The average molecular weight is 270 g/mol. The molecule has 0 atom stereocenters. The van der Waals surface area contributed by atoms with Crippen molar-refractivity contribution in [1.82, 2.24) is 9.38 Å². The standard InChI is InChI=1S/C15H11FN2O2/c1-20-15(19)11-4-7-13-8-17-14(18(13)9-11)10-2-5-12(16)6-3-10/h2-9H,1H3. The first kappa shape index (κ1) is 12.3. The number of hydrogen-bond acceptors (Lipinski definition) is 3. The van der Waals surface area contributed by atoms with Crippen LogP contribution in [0.2, 0.25) is 0 Å². The Bertz CT molecular complexity index is 778. The number of imidazole rings is 1. The summed E-state index contributed by atoms with van der Waals surface area (Å²) >= 11 is 0. The molecule has 2 aromatic heterocycles. The molecular weight excluding hydrogens is 259 g/mol. The summed E-state index contributed by atoms with van der Waals surface area (Å²) in [7, 11) is 1.33. The minimum Gasteiger partial charge on any atom is -0.465 e. The maximum Gasteiger partial charge on any atom is 0.339 e. The molecule has 0 saturated heterocycles. The van der Waals surface area contributed by atoms with Crippen molar-refractivity contribution in [1.29, 1.82) is 0 Å². The van der Waals surface area contributed by atoms with Crippen molar-refractivity contribution in [3.05, 3.63) is 60.2 Å². The third kappa shape index (κ3) is 2.03. The normalized spacial score (nSPS) is 10.7. The van der Waals surface area contributed by atoms with Gasteiger partial charge in [-0.25, -0.2) is 14.2 Å². The summed E-state index contributed by atoms with van der Waals surface area (Å²) in [5.74, 6) is -0.0683. The van der Waals surface area contributed by atoms with Crippen molar-refractivity contribution in [3.63, 3.8) is 0 Å². The maximum absolute atomic E-state index is 13.0. The van der Waals surface area contributed by atoms with Gasteiger partial charge >= 0.3 is 5.97 Å². The van der Waals surface area contributed by atoms with Crippen molar-refractivity contribution >= 4 is 11.5 Å². The summed E-state index contributed by atoms with van der Waals surface area (Å²) in [5.41, 5.74) is 2.05. The molecule has 5 heteroatoms. The molecule has 0 spiro atoms. The lowest BCUT2D eigenvalue weighted by molar-refractivity contribution is 0.0600. The summed E-state index contributed by atoms with van der Waals surface area (Å²) in [4.78, 5) is 15.9. The van der Waals surface area contributed by atoms with Crippen LogP contribution in [-0.4, -0.2) is 22.5 Å². The second-order valence-electron chi connectivity index (χ2n) is 4.29. The first-order chi connectivity index (χ1) is 9.69. The Labute approximate surface area is 114 Å². The summed E-state index contributed by atoms with van der Waals surface area (Å²) < 4.78 is 19.4. The number of ether oxygens (including phenoxy) is 1. The van der Waals surface area contributed by atoms with Crippen LogP contribution in [0.1, 0.15) is 10.4 Å². The molecule has 0 N–H and O–H groups in total. The van der Waals surface area contributed by atoms with Crippen molar-refractivity contribution < 1.29 is 13.9 Å². The molecule has 0 radical (unpaired) electrons. The lowest BCUT2D eigenvalue weighted by Gasteiger charge is -2.04. The SMILES string of the molecule is COC(=O)c1ccc2cnc(-c3ccc(F)cc3)n2c1. The van der Waals surface area contributed by atoms with E-state index in [2.05, 4.69) is 4.98 Å². The van der Waals surface area contributed by atoms with Crippen molar-refractivity contribution in [2.45, 2.75) is 0 Å². The zero-order valence-corrected chi connectivity index (χ0v) is 10.7. The summed E-state index contributed by atoms with van der Waals surface area (Å²) in [5, 5.41) is 0. The van der Waals surface area contributed by atoms with Gasteiger partial charge in [-0.3, -0.25) is 4.40 Å². The van der Waals surface area contributed by atoms with E-state index in [4.69, 9.17) is 4.74 Å². The van der Waals surface area contributed by atoms with E-state index in [0.29, 0.717) is 11.4 Å². The molecule has 20 heavy (non-hydrogen) atoms. The number of halogens is 1. The second-order valence-corrected chi connectivity index (χ2v) is 4.29. The minimum absolute atomic E-state index is 0.301. The molecule has 0 aliphatic carbocycles. The lowest BCUT2D eigenvalue weighted by Crippen LogP contribution is -2.03. The van der Waals surface area contributed by atoms with Gasteiger partial charge in [0.1, 0.15) is 11.6 Å². The molecule has 0 aliphatic heterocycles. The van der Waals surface area contributed by atoms with Crippen LogP contribution in [0.4, 0.5) is 4.39 Å². The van der Waals surface area contributed by atoms with Crippen molar-refractivity contribution in [2.75, 3.05) is 7.11 Å². The van der Waals surface area contributed by atoms with Crippen LogP contribution in [0.5, 0.6) is 0 Å². The van der Waals surface area contributed by atoms with Crippen LogP contribution < -0.4 is 0 Å². The monoisotopic (exact) mass is 270 g/mol. The van der Waals surface area contributed by atoms with Gasteiger partial charge in [-0.15, -0.1) is 0 Å². The number of aromatic nitrogens is 2. The zero-order chi connectivity index (χ0) is 14.1. The fraction of sp³-hybridized carbons (Fsp3) is 0.0667. The van der Waals surface area contributed by atoms with E-state index in [1.54, 1.807) is 41.1 Å². The molecule has 2 heterocycles. The van der Waals surface area contributed by atoms with Gasteiger partial charge in [-0.1, -0.05) is 0 Å². The van der Waals surface area contributed by atoms with Crippen LogP contribution in [0.3, 0.4) is 0 Å². The predicted octanol–water partition coefficient (Wildman–Crippen LogP) is 2.93. The third-order valence-electron chi connectivity index (χ3n) is 3.05. The third-order valence-corrected chi connectivity index (χ3v) is 3.05. The average Bonchev–Trinajstić information content (AvgIpc) is 2.90.